The highest BCUT2D eigenvalue weighted by molar-refractivity contribution is 5.32. The summed E-state index contributed by atoms with van der Waals surface area (Å²) >= 11 is 0. The maximum Gasteiger partial charge on any atom is 0.0316 e. The predicted octanol–water partition coefficient (Wildman–Crippen LogP) is 1.87. The van der Waals surface area contributed by atoms with Crippen molar-refractivity contribution in [1.29, 1.82) is 0 Å². The Morgan fingerprint density at radius 2 is 1.83 bits per heavy atom. The van der Waals surface area contributed by atoms with Gasteiger partial charge in [-0.25, -0.2) is 0 Å². The number of allylic oxidation sites excluding steroid dienone is 2. The molecule has 0 saturated heterocycles. The predicted molar refractivity (Wildman–Crippen MR) is 25.5 cm³/mol. The second-order valence-electron chi connectivity index (χ2n) is 2.04. The van der Waals surface area contributed by atoms with Crippen molar-refractivity contribution in [2.45, 2.75) is 25.7 Å². The van der Waals surface area contributed by atoms with Gasteiger partial charge in [0, 0.05) is 1.37 Å². The lowest BCUT2D eigenvalue weighted by Gasteiger charge is -1.56. The SMILES string of the molecule is [2H]C1CC1=C1CC1. The van der Waals surface area contributed by atoms with Gasteiger partial charge in [0.05, 0.1) is 0 Å². The van der Waals surface area contributed by atoms with Gasteiger partial charge in [-0.3, -0.25) is 0 Å². The minimum absolute atomic E-state index is 0.234. The molecule has 2 rings (SSSR count). The quantitative estimate of drug-likeness (QED) is 0.390. The van der Waals surface area contributed by atoms with E-state index in [-0.39, 0.29) is 6.40 Å². The van der Waals surface area contributed by atoms with Gasteiger partial charge in [0.25, 0.3) is 0 Å². The molecule has 0 heteroatoms. The molecule has 0 amide bonds. The van der Waals surface area contributed by atoms with Crippen LogP contribution in [0.1, 0.15) is 27.0 Å². The van der Waals surface area contributed by atoms with E-state index in [4.69, 9.17) is 1.37 Å². The molecule has 0 bridgehead atoms. The average molecular weight is 81.1 g/mol. The van der Waals surface area contributed by atoms with E-state index in [1.807, 2.05) is 0 Å². The summed E-state index contributed by atoms with van der Waals surface area (Å²) in [4.78, 5) is 0. The first-order chi connectivity index (χ1) is 3.38. The molecule has 0 radical (unpaired) electrons. The number of hydrogen-bond donors (Lipinski definition) is 0. The Labute approximate surface area is 39.3 Å². The second kappa shape index (κ2) is 0.699. The van der Waals surface area contributed by atoms with Crippen molar-refractivity contribution in [2.75, 3.05) is 0 Å². The van der Waals surface area contributed by atoms with Crippen molar-refractivity contribution in [1.82, 2.24) is 0 Å². The summed E-state index contributed by atoms with van der Waals surface area (Å²) in [7, 11) is 0. The zero-order valence-electron chi connectivity index (χ0n) is 4.70. The molecule has 0 nitrogen and oxygen atoms in total. The Hall–Kier alpha value is -0.260. The van der Waals surface area contributed by atoms with Crippen LogP contribution < -0.4 is 0 Å². The van der Waals surface area contributed by atoms with Crippen molar-refractivity contribution >= 4 is 0 Å². The molecule has 2 aliphatic carbocycles. The van der Waals surface area contributed by atoms with E-state index >= 15 is 0 Å². The van der Waals surface area contributed by atoms with Crippen molar-refractivity contribution in [2.24, 2.45) is 0 Å². The molecule has 0 aromatic rings. The van der Waals surface area contributed by atoms with Crippen LogP contribution in [0.5, 0.6) is 0 Å². The van der Waals surface area contributed by atoms with Crippen molar-refractivity contribution < 1.29 is 1.37 Å². The molecule has 1 unspecified atom stereocenters. The van der Waals surface area contributed by atoms with Gasteiger partial charge in [-0.2, -0.15) is 0 Å². The minimum Gasteiger partial charge on any atom is -0.0704 e. The molecule has 0 aromatic heterocycles. The van der Waals surface area contributed by atoms with E-state index in [9.17, 15) is 0 Å². The summed E-state index contributed by atoms with van der Waals surface area (Å²) in [6.07, 6.45) is 3.95. The van der Waals surface area contributed by atoms with Crippen LogP contribution in [0.3, 0.4) is 0 Å². The molecule has 32 valence electrons. The van der Waals surface area contributed by atoms with Crippen LogP contribution in [0.4, 0.5) is 0 Å². The summed E-state index contributed by atoms with van der Waals surface area (Å²) in [5, 5.41) is 0. The highest BCUT2D eigenvalue weighted by Gasteiger charge is 2.23. The molecule has 6 heavy (non-hydrogen) atoms. The first-order valence-electron chi connectivity index (χ1n) is 3.08. The summed E-state index contributed by atoms with van der Waals surface area (Å²) in [5.41, 5.74) is 3.06. The van der Waals surface area contributed by atoms with Crippen LogP contribution in [0, 0.1) is 0 Å². The largest absolute Gasteiger partial charge is 0.0704 e. The maximum atomic E-state index is 7.16. The Kier molecular flexibility index (Phi) is 0.251. The molecule has 0 aromatic carbocycles. The van der Waals surface area contributed by atoms with Crippen molar-refractivity contribution in [3.8, 4) is 0 Å². The Morgan fingerprint density at radius 3 is 2.00 bits per heavy atom. The Morgan fingerprint density at radius 1 is 1.17 bits per heavy atom. The fraction of sp³-hybridized carbons (Fsp3) is 0.667. The van der Waals surface area contributed by atoms with Crippen LogP contribution in [0.25, 0.3) is 0 Å². The van der Waals surface area contributed by atoms with E-state index in [1.54, 1.807) is 5.57 Å². The van der Waals surface area contributed by atoms with Crippen LogP contribution in [-0.4, -0.2) is 0 Å². The molecular formula is C6H8. The van der Waals surface area contributed by atoms with E-state index in [0.29, 0.717) is 0 Å². The lowest BCUT2D eigenvalue weighted by Crippen LogP contribution is -1.35. The van der Waals surface area contributed by atoms with Gasteiger partial charge in [0.2, 0.25) is 0 Å². The molecular weight excluding hydrogens is 72.1 g/mol. The second-order valence-corrected chi connectivity index (χ2v) is 2.04. The normalized spacial score (nSPS) is 42.7. The molecule has 0 spiro atoms. The van der Waals surface area contributed by atoms with E-state index in [2.05, 4.69) is 0 Å². The summed E-state index contributed by atoms with van der Waals surface area (Å²) < 4.78 is 7.16. The lowest BCUT2D eigenvalue weighted by atomic mass is 10.5. The van der Waals surface area contributed by atoms with Crippen LogP contribution in [0.2, 0.25) is 0 Å². The van der Waals surface area contributed by atoms with Gasteiger partial charge in [-0.1, -0.05) is 11.1 Å². The highest BCUT2D eigenvalue weighted by Crippen LogP contribution is 2.43. The third-order valence-electron chi connectivity index (χ3n) is 1.36. The van der Waals surface area contributed by atoms with Crippen LogP contribution >= 0.6 is 0 Å². The summed E-state index contributed by atoms with van der Waals surface area (Å²) in [6, 6.07) is 0. The topological polar surface area (TPSA) is 0 Å². The van der Waals surface area contributed by atoms with Gasteiger partial charge in [0.15, 0.2) is 0 Å². The Balaban J connectivity index is 2.22. The number of hydrogen-bond acceptors (Lipinski definition) is 0. The van der Waals surface area contributed by atoms with Crippen molar-refractivity contribution in [3.63, 3.8) is 0 Å². The summed E-state index contributed by atoms with van der Waals surface area (Å²) in [6.45, 7) is 0. The zero-order valence-corrected chi connectivity index (χ0v) is 3.70. The van der Waals surface area contributed by atoms with Crippen LogP contribution in [0.15, 0.2) is 11.1 Å². The molecule has 2 saturated carbocycles. The van der Waals surface area contributed by atoms with Gasteiger partial charge in [0.1, 0.15) is 0 Å². The third kappa shape index (κ3) is 0.296. The van der Waals surface area contributed by atoms with E-state index in [0.717, 1.165) is 6.42 Å². The van der Waals surface area contributed by atoms with Crippen molar-refractivity contribution in [3.05, 3.63) is 11.1 Å². The molecule has 0 aliphatic heterocycles. The maximum absolute atomic E-state index is 7.16. The standard InChI is InChI=1S/C6H8/c1-2-5(1)6-3-4-6/h1-4H2/i1D. The zero-order chi connectivity index (χ0) is 4.85. The monoisotopic (exact) mass is 81.1 g/mol. The molecule has 0 N–H and O–H groups in total. The number of rotatable bonds is 0. The third-order valence-corrected chi connectivity index (χ3v) is 1.36. The van der Waals surface area contributed by atoms with Gasteiger partial charge in [-0.15, -0.1) is 0 Å². The van der Waals surface area contributed by atoms with E-state index in [1.165, 1.54) is 18.4 Å². The van der Waals surface area contributed by atoms with Gasteiger partial charge >= 0.3 is 0 Å². The van der Waals surface area contributed by atoms with Gasteiger partial charge in [-0.05, 0) is 25.7 Å². The minimum atomic E-state index is 0.234. The molecule has 0 heterocycles. The summed E-state index contributed by atoms with van der Waals surface area (Å²) in [5.74, 6) is 0. The van der Waals surface area contributed by atoms with Gasteiger partial charge < -0.3 is 0 Å². The average Bonchev–Trinajstić information content (AvgIpc) is 2.23. The fourth-order valence-corrected chi connectivity index (χ4v) is 0.723. The highest BCUT2D eigenvalue weighted by atomic mass is 14.3. The first-order valence-corrected chi connectivity index (χ1v) is 2.51. The first kappa shape index (κ1) is 2.15. The van der Waals surface area contributed by atoms with E-state index < -0.39 is 0 Å². The molecule has 1 atom stereocenters. The Bertz CT molecular complexity index is 129. The fourth-order valence-electron chi connectivity index (χ4n) is 0.723. The smallest absolute Gasteiger partial charge is 0.0316 e. The van der Waals surface area contributed by atoms with Crippen LogP contribution in [-0.2, 0) is 0 Å². The molecule has 2 fully saturated rings. The lowest BCUT2D eigenvalue weighted by molar-refractivity contribution is 1.50. The molecule has 2 aliphatic rings.